The molecule has 13 heteroatoms. The number of anilines is 2. The normalized spacial score (nSPS) is 14.9. The lowest BCUT2D eigenvalue weighted by Gasteiger charge is -2.27. The molecule has 2 aliphatic rings. The average molecular weight is 644 g/mol. The highest BCUT2D eigenvalue weighted by Crippen LogP contribution is 2.35. The van der Waals surface area contributed by atoms with E-state index in [0.717, 1.165) is 11.8 Å². The lowest BCUT2D eigenvalue weighted by Crippen LogP contribution is -2.36. The fourth-order valence-corrected chi connectivity index (χ4v) is 5.79. The molecule has 0 radical (unpaired) electrons. The number of nitrogens with two attached hydrogens (primary N) is 1. The second-order valence-electron chi connectivity index (χ2n) is 11.4. The Morgan fingerprint density at radius 3 is 2.70 bits per heavy atom. The molecule has 2 amide bonds. The van der Waals surface area contributed by atoms with Gasteiger partial charge in [-0.1, -0.05) is 30.0 Å². The molecule has 4 N–H and O–H groups in total. The molecule has 2 aromatic heterocycles. The molecule has 0 atom stereocenters. The molecular weight excluding hydrogens is 611 g/mol. The lowest BCUT2D eigenvalue weighted by molar-refractivity contribution is -0.138. The maximum atomic E-state index is 13.9. The number of nitrogens with zero attached hydrogens (tertiary/aromatic N) is 4. The maximum Gasteiger partial charge on any atom is 0.416 e. The van der Waals surface area contributed by atoms with Crippen molar-refractivity contribution in [3.63, 3.8) is 0 Å². The molecule has 0 spiro atoms. The smallest absolute Gasteiger partial charge is 0.379 e. The second-order valence-corrected chi connectivity index (χ2v) is 11.4. The number of morpholine rings is 1. The van der Waals surface area contributed by atoms with Crippen molar-refractivity contribution in [2.75, 3.05) is 43.9 Å². The first-order valence-electron chi connectivity index (χ1n) is 15.1. The highest BCUT2D eigenvalue weighted by Gasteiger charge is 2.34. The van der Waals surface area contributed by atoms with E-state index in [-0.39, 0.29) is 36.1 Å². The summed E-state index contributed by atoms with van der Waals surface area (Å²) in [5.41, 5.74) is 9.72. The standard InChI is InChI=1S/C34H32F3N7O3/c1-43-28-9-10-39-32(46)26(28)18-29(43)31-23(19-40-33(38)42-31)6-5-21-3-2-4-22(15-21)16-30(45)41-25-8-7-24(27(17-25)34(35,36)37)20-44-11-13-47-14-12-44/h2-4,7-8,15,17-19H,9-14,16,20H2,1H3,(H,39,46)(H,41,45)(H2,38,40,42). The number of carbonyl (C=O) groups excluding carboxylic acids is 2. The molecule has 0 unspecified atom stereocenters. The predicted octanol–water partition coefficient (Wildman–Crippen LogP) is 3.78. The van der Waals surface area contributed by atoms with E-state index in [2.05, 4.69) is 32.4 Å². The number of nitrogens with one attached hydrogen (secondary N) is 2. The van der Waals surface area contributed by atoms with Gasteiger partial charge in [-0.3, -0.25) is 14.5 Å². The SMILES string of the molecule is Cn1c(-c2nc(N)ncc2C#Cc2cccc(CC(=O)Nc3ccc(CN4CCOCC4)c(C(F)(F)F)c3)c2)cc2c1CCNC2=O. The van der Waals surface area contributed by atoms with E-state index in [9.17, 15) is 22.8 Å². The van der Waals surface area contributed by atoms with E-state index >= 15 is 0 Å². The van der Waals surface area contributed by atoms with Crippen molar-refractivity contribution in [1.82, 2.24) is 24.8 Å². The number of hydrogen-bond acceptors (Lipinski definition) is 7. The number of carbonyl (C=O) groups is 2. The quantitative estimate of drug-likeness (QED) is 0.273. The van der Waals surface area contributed by atoms with Gasteiger partial charge in [0.05, 0.1) is 42.0 Å². The summed E-state index contributed by atoms with van der Waals surface area (Å²) < 4.78 is 49.0. The van der Waals surface area contributed by atoms with Gasteiger partial charge in [-0.25, -0.2) is 9.97 Å². The Bertz CT molecular complexity index is 1900. The minimum atomic E-state index is -4.57. The van der Waals surface area contributed by atoms with E-state index in [1.54, 1.807) is 30.3 Å². The number of benzene rings is 2. The molecule has 0 bridgehead atoms. The number of amides is 2. The maximum absolute atomic E-state index is 13.9. The number of fused-ring (bicyclic) bond motifs is 1. The minimum Gasteiger partial charge on any atom is -0.379 e. The number of alkyl halides is 3. The molecule has 4 aromatic rings. The summed E-state index contributed by atoms with van der Waals surface area (Å²) in [4.78, 5) is 35.7. The van der Waals surface area contributed by atoms with Crippen LogP contribution in [0.5, 0.6) is 0 Å². The Morgan fingerprint density at radius 1 is 1.13 bits per heavy atom. The first kappa shape index (κ1) is 31.8. The van der Waals surface area contributed by atoms with E-state index in [4.69, 9.17) is 10.5 Å². The van der Waals surface area contributed by atoms with E-state index < -0.39 is 17.6 Å². The first-order valence-corrected chi connectivity index (χ1v) is 15.1. The molecular formula is C34H32F3N7O3. The van der Waals surface area contributed by atoms with Gasteiger partial charge in [0, 0.05) is 62.8 Å². The average Bonchev–Trinajstić information content (AvgIpc) is 3.38. The van der Waals surface area contributed by atoms with Crippen molar-refractivity contribution in [1.29, 1.82) is 0 Å². The molecule has 4 heterocycles. The topological polar surface area (TPSA) is 127 Å². The Labute approximate surface area is 269 Å². The number of nitrogen functional groups attached to an aromatic ring is 1. The molecule has 6 rings (SSSR count). The molecule has 47 heavy (non-hydrogen) atoms. The Balaban J connectivity index is 1.18. The van der Waals surface area contributed by atoms with Gasteiger partial charge in [-0.05, 0) is 41.5 Å². The summed E-state index contributed by atoms with van der Waals surface area (Å²) >= 11 is 0. The van der Waals surface area contributed by atoms with E-state index in [0.29, 0.717) is 72.9 Å². The van der Waals surface area contributed by atoms with Crippen LogP contribution in [-0.4, -0.2) is 64.1 Å². The fraction of sp³-hybridized carbons (Fsp3) is 0.294. The van der Waals surface area contributed by atoms with Crippen molar-refractivity contribution < 1.29 is 27.5 Å². The van der Waals surface area contributed by atoms with Crippen LogP contribution in [0.15, 0.2) is 54.7 Å². The van der Waals surface area contributed by atoms with E-state index in [1.807, 2.05) is 16.5 Å². The summed E-state index contributed by atoms with van der Waals surface area (Å²) in [5, 5.41) is 5.45. The molecule has 0 aliphatic carbocycles. The van der Waals surface area contributed by atoms with Crippen molar-refractivity contribution in [3.05, 3.63) is 93.8 Å². The molecule has 1 saturated heterocycles. The largest absolute Gasteiger partial charge is 0.416 e. The zero-order valence-corrected chi connectivity index (χ0v) is 25.6. The highest BCUT2D eigenvalue weighted by atomic mass is 19.4. The van der Waals surface area contributed by atoms with Crippen LogP contribution in [0.25, 0.3) is 11.4 Å². The number of ether oxygens (including phenoxy) is 1. The fourth-order valence-electron chi connectivity index (χ4n) is 5.79. The summed E-state index contributed by atoms with van der Waals surface area (Å²) in [5.74, 6) is 5.62. The van der Waals surface area contributed by atoms with Crippen molar-refractivity contribution in [3.8, 4) is 23.2 Å². The van der Waals surface area contributed by atoms with Crippen molar-refractivity contribution in [2.45, 2.75) is 25.6 Å². The summed E-state index contributed by atoms with van der Waals surface area (Å²) in [6.07, 6.45) is -2.43. The van der Waals surface area contributed by atoms with Gasteiger partial charge in [-0.15, -0.1) is 0 Å². The molecule has 0 saturated carbocycles. The van der Waals surface area contributed by atoms with Gasteiger partial charge in [0.2, 0.25) is 11.9 Å². The summed E-state index contributed by atoms with van der Waals surface area (Å²) in [6.45, 7) is 2.78. The van der Waals surface area contributed by atoms with Crippen LogP contribution in [0.2, 0.25) is 0 Å². The van der Waals surface area contributed by atoms with Crippen LogP contribution in [0.3, 0.4) is 0 Å². The molecule has 2 aliphatic heterocycles. The first-order chi connectivity index (χ1) is 22.5. The number of aromatic nitrogens is 3. The Kier molecular flexibility index (Phi) is 8.97. The zero-order chi connectivity index (χ0) is 33.1. The van der Waals surface area contributed by atoms with Crippen LogP contribution in [0, 0.1) is 11.8 Å². The van der Waals surface area contributed by atoms with Crippen LogP contribution in [-0.2, 0) is 42.1 Å². The van der Waals surface area contributed by atoms with Crippen molar-refractivity contribution >= 4 is 23.5 Å². The molecule has 1 fully saturated rings. The molecule has 2 aromatic carbocycles. The summed E-state index contributed by atoms with van der Waals surface area (Å²) in [7, 11) is 1.86. The van der Waals surface area contributed by atoms with Crippen LogP contribution < -0.4 is 16.4 Å². The third kappa shape index (κ3) is 7.29. The van der Waals surface area contributed by atoms with Crippen LogP contribution in [0.4, 0.5) is 24.8 Å². The molecule has 242 valence electrons. The van der Waals surface area contributed by atoms with Crippen LogP contribution in [0.1, 0.15) is 43.9 Å². The number of hydrogen-bond donors (Lipinski definition) is 3. The van der Waals surface area contributed by atoms with Gasteiger partial charge >= 0.3 is 6.18 Å². The van der Waals surface area contributed by atoms with Gasteiger partial charge in [-0.2, -0.15) is 13.2 Å². The van der Waals surface area contributed by atoms with Gasteiger partial charge < -0.3 is 25.7 Å². The highest BCUT2D eigenvalue weighted by molar-refractivity contribution is 5.98. The second kappa shape index (κ2) is 13.3. The Morgan fingerprint density at radius 2 is 1.94 bits per heavy atom. The van der Waals surface area contributed by atoms with E-state index in [1.165, 1.54) is 18.3 Å². The number of halogens is 3. The van der Waals surface area contributed by atoms with Gasteiger partial charge in [0.1, 0.15) is 5.69 Å². The summed E-state index contributed by atoms with van der Waals surface area (Å²) in [6, 6.07) is 12.7. The zero-order valence-electron chi connectivity index (χ0n) is 25.6. The predicted molar refractivity (Wildman–Crippen MR) is 169 cm³/mol. The Hall–Kier alpha value is -5.19. The molecule has 10 nitrogen and oxygen atoms in total. The lowest BCUT2D eigenvalue weighted by atomic mass is 10.0. The minimum absolute atomic E-state index is 0.0660. The third-order valence-electron chi connectivity index (χ3n) is 8.13. The number of rotatable bonds is 6. The monoisotopic (exact) mass is 643 g/mol. The van der Waals surface area contributed by atoms with Gasteiger partial charge in [0.25, 0.3) is 5.91 Å². The van der Waals surface area contributed by atoms with Crippen molar-refractivity contribution in [2.24, 2.45) is 7.05 Å². The third-order valence-corrected chi connectivity index (χ3v) is 8.13. The van der Waals surface area contributed by atoms with Crippen LogP contribution >= 0.6 is 0 Å². The van der Waals surface area contributed by atoms with Gasteiger partial charge in [0.15, 0.2) is 0 Å².